The van der Waals surface area contributed by atoms with Crippen LogP contribution in [0.3, 0.4) is 0 Å². The lowest BCUT2D eigenvalue weighted by molar-refractivity contribution is 0.0491. The van der Waals surface area contributed by atoms with Crippen LogP contribution in [0.2, 0.25) is 4.34 Å². The van der Waals surface area contributed by atoms with Gasteiger partial charge in [0.15, 0.2) is 4.88 Å². The molecule has 2 N–H and O–H groups in total. The summed E-state index contributed by atoms with van der Waals surface area (Å²) in [6.45, 7) is 7.12. The fourth-order valence-electron chi connectivity index (χ4n) is 1.37. The van der Waals surface area contributed by atoms with Crippen LogP contribution in [0.4, 0.5) is 4.79 Å². The molecule has 0 aliphatic rings. The lowest BCUT2D eigenvalue weighted by Crippen LogP contribution is -2.40. The zero-order chi connectivity index (χ0) is 16.2. The second kappa shape index (κ2) is 7.00. The van der Waals surface area contributed by atoms with Crippen molar-refractivity contribution in [2.75, 3.05) is 6.61 Å². The highest BCUT2D eigenvalue weighted by atomic mass is 35.5. The average Bonchev–Trinajstić information content (AvgIpc) is 2.65. The first kappa shape index (κ1) is 17.6. The Bertz CT molecular complexity index is 523. The summed E-state index contributed by atoms with van der Waals surface area (Å²) < 4.78 is 10.8. The maximum Gasteiger partial charge on any atom is 0.407 e. The molecule has 0 aliphatic carbocycles. The minimum Gasteiger partial charge on any atom is -0.490 e. The van der Waals surface area contributed by atoms with Gasteiger partial charge in [-0.25, -0.2) is 9.59 Å². The lowest BCUT2D eigenvalue weighted by Gasteiger charge is -2.22. The number of carboxylic acids is 1. The molecule has 1 aromatic rings. The Kier molecular flexibility index (Phi) is 5.86. The molecule has 0 saturated heterocycles. The predicted molar refractivity (Wildman–Crippen MR) is 80.6 cm³/mol. The van der Waals surface area contributed by atoms with Crippen LogP contribution in [0.5, 0.6) is 5.75 Å². The molecule has 118 valence electrons. The standard InChI is InChI=1S/C13H18ClNO5S/c1-7(15-12(18)20-13(2,3)4)6-19-8-5-9(14)21-10(8)11(16)17/h5,7H,6H2,1-4H3,(H,15,18)(H,16,17)/t7-/m0/s1. The second-order valence-corrected chi connectivity index (χ2v) is 7.09. The van der Waals surface area contributed by atoms with Crippen LogP contribution in [0, 0.1) is 0 Å². The topological polar surface area (TPSA) is 84.9 Å². The Labute approximate surface area is 132 Å². The highest BCUT2D eigenvalue weighted by Gasteiger charge is 2.20. The molecule has 1 heterocycles. The van der Waals surface area contributed by atoms with E-state index in [0.29, 0.717) is 4.34 Å². The molecule has 8 heteroatoms. The van der Waals surface area contributed by atoms with Gasteiger partial charge in [-0.15, -0.1) is 11.3 Å². The molecule has 0 spiro atoms. The summed E-state index contributed by atoms with van der Waals surface area (Å²) in [5.74, 6) is -0.912. The number of carbonyl (C=O) groups is 2. The van der Waals surface area contributed by atoms with E-state index in [1.165, 1.54) is 6.07 Å². The molecule has 1 rings (SSSR count). The normalized spacial score (nSPS) is 12.6. The van der Waals surface area contributed by atoms with Crippen molar-refractivity contribution < 1.29 is 24.2 Å². The first-order chi connectivity index (χ1) is 9.58. The van der Waals surface area contributed by atoms with E-state index in [0.717, 1.165) is 11.3 Å². The SMILES string of the molecule is C[C@@H](COc1cc(Cl)sc1C(=O)O)NC(=O)OC(C)(C)C. The van der Waals surface area contributed by atoms with Crippen LogP contribution in [0.15, 0.2) is 6.07 Å². The number of rotatable bonds is 5. The van der Waals surface area contributed by atoms with Crippen molar-refractivity contribution in [1.29, 1.82) is 0 Å². The van der Waals surface area contributed by atoms with Gasteiger partial charge in [-0.05, 0) is 27.7 Å². The van der Waals surface area contributed by atoms with Crippen LogP contribution < -0.4 is 10.1 Å². The van der Waals surface area contributed by atoms with Crippen molar-refractivity contribution in [2.24, 2.45) is 0 Å². The molecule has 21 heavy (non-hydrogen) atoms. The summed E-state index contributed by atoms with van der Waals surface area (Å²) >= 11 is 6.69. The van der Waals surface area contributed by atoms with Crippen molar-refractivity contribution in [3.63, 3.8) is 0 Å². The predicted octanol–water partition coefficient (Wildman–Crippen LogP) is 3.39. The Hall–Kier alpha value is -1.47. The fraction of sp³-hybridized carbons (Fsp3) is 0.538. The maximum atomic E-state index is 11.6. The van der Waals surface area contributed by atoms with Crippen LogP contribution in [-0.4, -0.2) is 35.4 Å². The van der Waals surface area contributed by atoms with Crippen LogP contribution in [0.1, 0.15) is 37.4 Å². The molecule has 0 aromatic carbocycles. The minimum absolute atomic E-state index is 0.0319. The minimum atomic E-state index is -1.10. The molecular formula is C13H18ClNO5S. The van der Waals surface area contributed by atoms with Gasteiger partial charge >= 0.3 is 12.1 Å². The van der Waals surface area contributed by atoms with Crippen molar-refractivity contribution in [3.05, 3.63) is 15.3 Å². The number of carboxylic acid groups (broad SMARTS) is 1. The largest absolute Gasteiger partial charge is 0.490 e. The summed E-state index contributed by atoms with van der Waals surface area (Å²) in [5.41, 5.74) is -0.581. The van der Waals surface area contributed by atoms with E-state index in [1.807, 2.05) is 0 Å². The molecule has 0 unspecified atom stereocenters. The van der Waals surface area contributed by atoms with E-state index in [4.69, 9.17) is 26.2 Å². The van der Waals surface area contributed by atoms with Gasteiger partial charge in [-0.2, -0.15) is 0 Å². The molecule has 0 fully saturated rings. The molecular weight excluding hydrogens is 318 g/mol. The molecule has 6 nitrogen and oxygen atoms in total. The average molecular weight is 336 g/mol. The number of hydrogen-bond donors (Lipinski definition) is 2. The van der Waals surface area contributed by atoms with Gasteiger partial charge < -0.3 is 19.9 Å². The Morgan fingerprint density at radius 2 is 2.10 bits per heavy atom. The van der Waals surface area contributed by atoms with E-state index < -0.39 is 17.7 Å². The third kappa shape index (κ3) is 6.22. The fourth-order valence-corrected chi connectivity index (χ4v) is 2.36. The summed E-state index contributed by atoms with van der Waals surface area (Å²) in [6.07, 6.45) is -0.555. The van der Waals surface area contributed by atoms with Crippen LogP contribution in [0.25, 0.3) is 0 Å². The van der Waals surface area contributed by atoms with Gasteiger partial charge in [-0.1, -0.05) is 11.6 Å². The summed E-state index contributed by atoms with van der Waals surface area (Å²) in [5, 5.41) is 11.6. The highest BCUT2D eigenvalue weighted by Crippen LogP contribution is 2.32. The first-order valence-electron chi connectivity index (χ1n) is 6.23. The number of hydrogen-bond acceptors (Lipinski definition) is 5. The van der Waals surface area contributed by atoms with Gasteiger partial charge in [-0.3, -0.25) is 0 Å². The van der Waals surface area contributed by atoms with Crippen molar-refractivity contribution in [2.45, 2.75) is 39.3 Å². The summed E-state index contributed by atoms with van der Waals surface area (Å²) in [6, 6.07) is 1.09. The highest BCUT2D eigenvalue weighted by molar-refractivity contribution is 7.18. The molecule has 0 aliphatic heterocycles. The Morgan fingerprint density at radius 3 is 2.62 bits per heavy atom. The van der Waals surface area contributed by atoms with E-state index in [9.17, 15) is 9.59 Å². The molecule has 1 aromatic heterocycles. The quantitative estimate of drug-likeness (QED) is 0.861. The number of halogens is 1. The monoisotopic (exact) mass is 335 g/mol. The van der Waals surface area contributed by atoms with E-state index in [1.54, 1.807) is 27.7 Å². The van der Waals surface area contributed by atoms with Gasteiger partial charge in [0.05, 0.1) is 10.4 Å². The number of aromatic carboxylic acids is 1. The number of thiophene rings is 1. The van der Waals surface area contributed by atoms with Gasteiger partial charge in [0.2, 0.25) is 0 Å². The van der Waals surface area contributed by atoms with E-state index >= 15 is 0 Å². The lowest BCUT2D eigenvalue weighted by atomic mass is 10.2. The Balaban J connectivity index is 2.52. The van der Waals surface area contributed by atoms with E-state index in [-0.39, 0.29) is 23.3 Å². The van der Waals surface area contributed by atoms with Gasteiger partial charge in [0.1, 0.15) is 18.0 Å². The van der Waals surface area contributed by atoms with Crippen LogP contribution >= 0.6 is 22.9 Å². The molecule has 1 atom stereocenters. The third-order valence-electron chi connectivity index (χ3n) is 2.11. The first-order valence-corrected chi connectivity index (χ1v) is 7.43. The van der Waals surface area contributed by atoms with E-state index in [2.05, 4.69) is 5.32 Å². The zero-order valence-corrected chi connectivity index (χ0v) is 13.8. The zero-order valence-electron chi connectivity index (χ0n) is 12.2. The van der Waals surface area contributed by atoms with Crippen molar-refractivity contribution in [3.8, 4) is 5.75 Å². The second-order valence-electron chi connectivity index (χ2n) is 5.41. The number of alkyl carbamates (subject to hydrolysis) is 1. The van der Waals surface area contributed by atoms with Crippen molar-refractivity contribution in [1.82, 2.24) is 5.32 Å². The number of amides is 1. The number of nitrogens with one attached hydrogen (secondary N) is 1. The van der Waals surface area contributed by atoms with Gasteiger partial charge in [0, 0.05) is 6.07 Å². The van der Waals surface area contributed by atoms with Gasteiger partial charge in [0.25, 0.3) is 0 Å². The maximum absolute atomic E-state index is 11.6. The summed E-state index contributed by atoms with van der Waals surface area (Å²) in [7, 11) is 0. The Morgan fingerprint density at radius 1 is 1.48 bits per heavy atom. The number of ether oxygens (including phenoxy) is 2. The molecule has 0 radical (unpaired) electrons. The third-order valence-corrected chi connectivity index (χ3v) is 3.35. The molecule has 1 amide bonds. The van der Waals surface area contributed by atoms with Crippen LogP contribution in [-0.2, 0) is 4.74 Å². The number of carbonyl (C=O) groups excluding carboxylic acids is 1. The summed E-state index contributed by atoms with van der Waals surface area (Å²) in [4.78, 5) is 22.6. The van der Waals surface area contributed by atoms with Crippen molar-refractivity contribution >= 4 is 35.0 Å². The molecule has 0 bridgehead atoms. The molecule has 0 saturated carbocycles. The smallest absolute Gasteiger partial charge is 0.407 e.